The zero-order valence-corrected chi connectivity index (χ0v) is 13.3. The Bertz CT molecular complexity index is 438. The second-order valence-corrected chi connectivity index (χ2v) is 6.12. The molecule has 0 radical (unpaired) electrons. The smallest absolute Gasteiger partial charge is 0.315 e. The highest BCUT2D eigenvalue weighted by atomic mass is 16.5. The first kappa shape index (κ1) is 17.5. The minimum Gasteiger partial charge on any atom is -0.389 e. The number of methoxy groups -OCH3 is 1. The van der Waals surface area contributed by atoms with E-state index in [1.54, 1.807) is 0 Å². The lowest BCUT2D eigenvalue weighted by Gasteiger charge is -2.19. The minimum atomic E-state index is -0.688. The van der Waals surface area contributed by atoms with Gasteiger partial charge in [0.05, 0.1) is 12.7 Å². The third kappa shape index (κ3) is 6.60. The van der Waals surface area contributed by atoms with Crippen molar-refractivity contribution in [3.63, 3.8) is 0 Å². The number of benzene rings is 1. The van der Waals surface area contributed by atoms with Crippen molar-refractivity contribution in [2.24, 2.45) is 0 Å². The van der Waals surface area contributed by atoms with Gasteiger partial charge in [0.15, 0.2) is 0 Å². The van der Waals surface area contributed by atoms with Gasteiger partial charge >= 0.3 is 6.03 Å². The van der Waals surface area contributed by atoms with Crippen LogP contribution in [0.5, 0.6) is 0 Å². The molecule has 1 atom stereocenters. The first-order valence-electron chi connectivity index (χ1n) is 7.11. The average molecular weight is 294 g/mol. The van der Waals surface area contributed by atoms with E-state index in [2.05, 4.69) is 43.5 Å². The van der Waals surface area contributed by atoms with Gasteiger partial charge in [-0.2, -0.15) is 0 Å². The van der Waals surface area contributed by atoms with E-state index < -0.39 is 6.10 Å². The molecule has 0 saturated heterocycles. The second kappa shape index (κ2) is 8.00. The highest BCUT2D eigenvalue weighted by Crippen LogP contribution is 2.22. The van der Waals surface area contributed by atoms with Gasteiger partial charge in [0.1, 0.15) is 0 Å². The predicted molar refractivity (Wildman–Crippen MR) is 83.3 cm³/mol. The molecule has 21 heavy (non-hydrogen) atoms. The highest BCUT2D eigenvalue weighted by Gasteiger charge is 2.13. The molecule has 5 heteroatoms. The molecule has 0 aliphatic heterocycles. The van der Waals surface area contributed by atoms with E-state index in [9.17, 15) is 9.90 Å². The van der Waals surface area contributed by atoms with Crippen molar-refractivity contribution in [3.8, 4) is 0 Å². The molecule has 3 N–H and O–H groups in total. The van der Waals surface area contributed by atoms with Crippen molar-refractivity contribution in [2.45, 2.75) is 38.8 Å². The number of carbonyl (C=O) groups is 1. The van der Waals surface area contributed by atoms with Crippen LogP contribution in [0.4, 0.5) is 4.79 Å². The number of ether oxygens (including phenoxy) is 1. The highest BCUT2D eigenvalue weighted by molar-refractivity contribution is 5.73. The fraction of sp³-hybridized carbons (Fsp3) is 0.562. The summed E-state index contributed by atoms with van der Waals surface area (Å²) in [5, 5.41) is 14.8. The quantitative estimate of drug-likeness (QED) is 0.749. The predicted octanol–water partition coefficient (Wildman–Crippen LogP) is 1.79. The summed E-state index contributed by atoms with van der Waals surface area (Å²) in [4.78, 5) is 11.6. The molecule has 0 heterocycles. The number of hydrogen-bond donors (Lipinski definition) is 3. The topological polar surface area (TPSA) is 70.6 Å². The molecule has 1 aromatic rings. The van der Waals surface area contributed by atoms with Crippen molar-refractivity contribution in [2.75, 3.05) is 20.3 Å². The Balaban J connectivity index is 2.36. The monoisotopic (exact) mass is 294 g/mol. The second-order valence-electron chi connectivity index (χ2n) is 6.12. The van der Waals surface area contributed by atoms with Crippen LogP contribution in [0.25, 0.3) is 0 Å². The molecule has 0 fully saturated rings. The fourth-order valence-corrected chi connectivity index (χ4v) is 1.83. The van der Waals surface area contributed by atoms with Gasteiger partial charge in [0, 0.05) is 20.2 Å². The number of urea groups is 1. The molecule has 2 amide bonds. The average Bonchev–Trinajstić information content (AvgIpc) is 2.43. The third-order valence-electron chi connectivity index (χ3n) is 3.13. The Hall–Kier alpha value is -1.59. The molecule has 0 aromatic heterocycles. The summed E-state index contributed by atoms with van der Waals surface area (Å²) in [7, 11) is 1.50. The Morgan fingerprint density at radius 3 is 2.38 bits per heavy atom. The number of nitrogens with one attached hydrogen (secondary N) is 2. The van der Waals surface area contributed by atoms with E-state index in [0.717, 1.165) is 5.56 Å². The van der Waals surface area contributed by atoms with Gasteiger partial charge in [-0.3, -0.25) is 0 Å². The molecule has 118 valence electrons. The Labute approximate surface area is 126 Å². The van der Waals surface area contributed by atoms with Gasteiger partial charge in [0.2, 0.25) is 0 Å². The van der Waals surface area contributed by atoms with E-state index in [4.69, 9.17) is 4.74 Å². The van der Waals surface area contributed by atoms with Crippen molar-refractivity contribution in [1.82, 2.24) is 10.6 Å². The van der Waals surface area contributed by atoms with Gasteiger partial charge in [-0.1, -0.05) is 45.0 Å². The SMILES string of the molecule is COCC(O)CNC(=O)NCc1ccc(C(C)(C)C)cc1. The lowest BCUT2D eigenvalue weighted by atomic mass is 9.87. The van der Waals surface area contributed by atoms with Gasteiger partial charge in [-0.05, 0) is 16.5 Å². The summed E-state index contributed by atoms with van der Waals surface area (Å²) in [5.74, 6) is 0. The van der Waals surface area contributed by atoms with E-state index >= 15 is 0 Å². The molecular formula is C16H26N2O3. The number of hydrogen-bond acceptors (Lipinski definition) is 3. The van der Waals surface area contributed by atoms with Crippen molar-refractivity contribution >= 4 is 6.03 Å². The number of carbonyl (C=O) groups excluding carboxylic acids is 1. The molecule has 0 spiro atoms. The fourth-order valence-electron chi connectivity index (χ4n) is 1.83. The molecule has 1 rings (SSSR count). The lowest BCUT2D eigenvalue weighted by Crippen LogP contribution is -2.40. The maximum Gasteiger partial charge on any atom is 0.315 e. The zero-order valence-electron chi connectivity index (χ0n) is 13.3. The van der Waals surface area contributed by atoms with Crippen LogP contribution in [0, 0.1) is 0 Å². The summed E-state index contributed by atoms with van der Waals surface area (Å²) in [6.45, 7) is 7.32. The van der Waals surface area contributed by atoms with E-state index in [0.29, 0.717) is 6.54 Å². The van der Waals surface area contributed by atoms with Gasteiger partial charge in [-0.15, -0.1) is 0 Å². The summed E-state index contributed by atoms with van der Waals surface area (Å²) in [6.07, 6.45) is -0.688. The molecule has 0 saturated carbocycles. The van der Waals surface area contributed by atoms with Crippen molar-refractivity contribution in [1.29, 1.82) is 0 Å². The molecule has 0 aliphatic carbocycles. The molecular weight excluding hydrogens is 268 g/mol. The van der Waals surface area contributed by atoms with Crippen LogP contribution in [-0.4, -0.2) is 37.5 Å². The van der Waals surface area contributed by atoms with Crippen molar-refractivity contribution < 1.29 is 14.6 Å². The van der Waals surface area contributed by atoms with Crippen LogP contribution < -0.4 is 10.6 Å². The molecule has 0 bridgehead atoms. The maximum atomic E-state index is 11.6. The summed E-state index contributed by atoms with van der Waals surface area (Å²) < 4.78 is 4.78. The molecule has 1 aromatic carbocycles. The number of rotatable bonds is 6. The number of amides is 2. The summed E-state index contributed by atoms with van der Waals surface area (Å²) in [6, 6.07) is 7.89. The molecule has 5 nitrogen and oxygen atoms in total. The standard InChI is InChI=1S/C16H26N2O3/c1-16(2,3)13-7-5-12(6-8-13)9-17-15(20)18-10-14(19)11-21-4/h5-8,14,19H,9-11H2,1-4H3,(H2,17,18,20). The normalized spacial score (nSPS) is 12.8. The van der Waals surface area contributed by atoms with Gasteiger partial charge in [-0.25, -0.2) is 4.79 Å². The molecule has 0 aliphatic rings. The lowest BCUT2D eigenvalue weighted by molar-refractivity contribution is 0.0660. The van der Waals surface area contributed by atoms with Crippen LogP contribution in [0.2, 0.25) is 0 Å². The van der Waals surface area contributed by atoms with Crippen LogP contribution >= 0.6 is 0 Å². The Morgan fingerprint density at radius 1 is 1.24 bits per heavy atom. The largest absolute Gasteiger partial charge is 0.389 e. The van der Waals surface area contributed by atoms with Crippen LogP contribution in [-0.2, 0) is 16.7 Å². The van der Waals surface area contributed by atoms with Gasteiger partial charge in [0.25, 0.3) is 0 Å². The summed E-state index contributed by atoms with van der Waals surface area (Å²) in [5.41, 5.74) is 2.43. The number of aliphatic hydroxyl groups is 1. The number of aliphatic hydroxyl groups excluding tert-OH is 1. The molecule has 1 unspecified atom stereocenters. The maximum absolute atomic E-state index is 11.6. The summed E-state index contributed by atoms with van der Waals surface area (Å²) >= 11 is 0. The minimum absolute atomic E-state index is 0.126. The Kier molecular flexibility index (Phi) is 6.65. The van der Waals surface area contributed by atoms with Gasteiger partial charge < -0.3 is 20.5 Å². The first-order chi connectivity index (χ1) is 9.82. The van der Waals surface area contributed by atoms with E-state index in [-0.39, 0.29) is 24.6 Å². The zero-order chi connectivity index (χ0) is 15.9. The van der Waals surface area contributed by atoms with Crippen molar-refractivity contribution in [3.05, 3.63) is 35.4 Å². The van der Waals surface area contributed by atoms with E-state index in [1.807, 2.05) is 12.1 Å². The first-order valence-corrected chi connectivity index (χ1v) is 7.11. The van der Waals surface area contributed by atoms with Crippen LogP contribution in [0.1, 0.15) is 31.9 Å². The Morgan fingerprint density at radius 2 is 1.86 bits per heavy atom. The van der Waals surface area contributed by atoms with Crippen LogP contribution in [0.15, 0.2) is 24.3 Å². The third-order valence-corrected chi connectivity index (χ3v) is 3.13. The van der Waals surface area contributed by atoms with Crippen LogP contribution in [0.3, 0.4) is 0 Å². The van der Waals surface area contributed by atoms with E-state index in [1.165, 1.54) is 12.7 Å².